The van der Waals surface area contributed by atoms with E-state index in [2.05, 4.69) is 0 Å². The minimum absolute atomic E-state index is 1.46. The lowest BCUT2D eigenvalue weighted by Crippen LogP contribution is -2.26. The molecule has 0 N–H and O–H groups in total. The van der Waals surface area contributed by atoms with E-state index < -0.39 is 0 Å². The average Bonchev–Trinajstić information content (AvgIpc) is 1.81. The Bertz CT molecular complexity index is 25.0. The molecule has 0 atom stereocenters. The Balaban J connectivity index is 2.53. The van der Waals surface area contributed by atoms with Crippen LogP contribution in [0.25, 0.3) is 0 Å². The summed E-state index contributed by atoms with van der Waals surface area (Å²) in [5, 5.41) is 0. The third-order valence-corrected chi connectivity index (χ3v) is 0.556. The second kappa shape index (κ2) is 7.52. The molecule has 10 radical (unpaired) electrons. The van der Waals surface area contributed by atoms with Gasteiger partial charge in [-0.2, -0.15) is 0 Å². The first-order valence-corrected chi connectivity index (χ1v) is 2.33. The van der Waals surface area contributed by atoms with Crippen LogP contribution in [0.2, 0.25) is 0 Å². The van der Waals surface area contributed by atoms with Gasteiger partial charge in [-0.25, -0.2) is 0 Å². The van der Waals surface area contributed by atoms with Crippen molar-refractivity contribution in [2.75, 3.05) is 0 Å². The van der Waals surface area contributed by atoms with Crippen molar-refractivity contribution in [2.24, 2.45) is 0 Å². The number of hydrogen-bond acceptors (Lipinski definition) is 0. The Labute approximate surface area is 58.5 Å². The largest absolute Gasteiger partial charge is 0 e. The topological polar surface area (TPSA) is 0 Å². The van der Waals surface area contributed by atoms with E-state index >= 15 is 0 Å². The molecule has 0 amide bonds. The van der Waals surface area contributed by atoms with Gasteiger partial charge in [-0.3, -0.25) is 0 Å². The van der Waals surface area contributed by atoms with Gasteiger partial charge in [-0.05, 0) is 0 Å². The van der Waals surface area contributed by atoms with Crippen molar-refractivity contribution in [1.82, 2.24) is 0 Å². The highest BCUT2D eigenvalue weighted by molar-refractivity contribution is 7.64. The minimum Gasteiger partial charge on any atom is 0 e. The molecule has 0 aliphatic carbocycles. The van der Waals surface area contributed by atoms with Crippen molar-refractivity contribution in [3.8, 4) is 0 Å². The van der Waals surface area contributed by atoms with E-state index in [0.29, 0.717) is 0 Å². The van der Waals surface area contributed by atoms with Crippen LogP contribution in [0.3, 0.4) is 0 Å². The maximum absolute atomic E-state index is 5.02. The molecule has 0 spiro atoms. The first-order valence-electron chi connectivity index (χ1n) is 2.33. The van der Waals surface area contributed by atoms with E-state index in [4.69, 9.17) is 15.5 Å². The molecule has 0 saturated carbocycles. The molecule has 0 nitrogen and oxygen atoms in total. The van der Waals surface area contributed by atoms with E-state index in [1.165, 1.54) is 14.1 Å². The molecular formula is B8. The Morgan fingerprint density at radius 1 is 0.625 bits per heavy atom. The molecule has 0 heterocycles. The summed E-state index contributed by atoms with van der Waals surface area (Å²) in [6.45, 7) is 0. The van der Waals surface area contributed by atoms with Gasteiger partial charge < -0.3 is 0 Å². The van der Waals surface area contributed by atoms with Gasteiger partial charge in [-0.15, -0.1) is 0 Å². The van der Waals surface area contributed by atoms with Crippen LogP contribution in [0.4, 0.5) is 0 Å². The van der Waals surface area contributed by atoms with Crippen LogP contribution in [0.15, 0.2) is 0 Å². The fraction of sp³-hybridized carbons (Fsp3) is 0. The third kappa shape index (κ3) is 6.52. The average molecular weight is 86.5 g/mol. The van der Waals surface area contributed by atoms with Gasteiger partial charge in [0.2, 0.25) is 0 Å². The smallest absolute Gasteiger partial charge is 0 e. The molecule has 0 aliphatic rings. The van der Waals surface area contributed by atoms with Crippen LogP contribution in [0.1, 0.15) is 0 Å². The lowest BCUT2D eigenvalue weighted by Gasteiger charge is -1.88. The van der Waals surface area contributed by atoms with Gasteiger partial charge in [0.25, 0.3) is 0 Å². The molecule has 0 unspecified atom stereocenters. The molecule has 24 valence electrons. The summed E-state index contributed by atoms with van der Waals surface area (Å²) in [5.74, 6) is 0. The second-order valence-corrected chi connectivity index (χ2v) is 1.15. The van der Waals surface area contributed by atoms with Crippen LogP contribution >= 0.6 is 0 Å². The maximum atomic E-state index is 5.02. The molecule has 0 saturated heterocycles. The number of hydrogen-bond donors (Lipinski definition) is 0. The quantitative estimate of drug-likeness (QED) is 0.246. The van der Waals surface area contributed by atoms with Gasteiger partial charge >= 0.3 is 0 Å². The Hall–Kier alpha value is 0.519. The third-order valence-electron chi connectivity index (χ3n) is 0.556. The van der Waals surface area contributed by atoms with Crippen LogP contribution < -0.4 is 0 Å². The molecular weight excluding hydrogens is 86.5 g/mol. The normalized spacial score (nSPS) is 6.50. The fourth-order valence-electron chi connectivity index (χ4n) is 0.257. The molecule has 8 heteroatoms. The zero-order chi connectivity index (χ0) is 6.24. The Morgan fingerprint density at radius 2 is 1.00 bits per heavy atom. The Morgan fingerprint density at radius 3 is 1.25 bits per heavy atom. The van der Waals surface area contributed by atoms with E-state index in [1.54, 1.807) is 28.2 Å². The van der Waals surface area contributed by atoms with Crippen LogP contribution in [-0.2, 0) is 0 Å². The van der Waals surface area contributed by atoms with Gasteiger partial charge in [0.15, 0.2) is 0 Å². The highest BCUT2D eigenvalue weighted by atomic mass is 12.7. The molecule has 8 heavy (non-hydrogen) atoms. The van der Waals surface area contributed by atoms with Crippen molar-refractivity contribution in [3.63, 3.8) is 0 Å². The van der Waals surface area contributed by atoms with Crippen molar-refractivity contribution in [2.45, 2.75) is 0 Å². The second-order valence-electron chi connectivity index (χ2n) is 1.15. The van der Waals surface area contributed by atoms with Crippen LogP contribution in [-0.4, -0.2) is 57.8 Å². The van der Waals surface area contributed by atoms with Crippen LogP contribution in [0.5, 0.6) is 0 Å². The standard InChI is InChI=1S/B8/c1-3-5-7-8-6-4-2. The van der Waals surface area contributed by atoms with Crippen molar-refractivity contribution in [1.29, 1.82) is 0 Å². The van der Waals surface area contributed by atoms with Crippen LogP contribution in [0, 0.1) is 0 Å². The first kappa shape index (κ1) is 8.52. The highest BCUT2D eigenvalue weighted by Gasteiger charge is 1.88. The molecule has 0 aromatic carbocycles. The summed E-state index contributed by atoms with van der Waals surface area (Å²) in [6.07, 6.45) is 0. The van der Waals surface area contributed by atoms with Gasteiger partial charge in [0.1, 0.15) is 0 Å². The Kier molecular flexibility index (Phi) is 8.01. The lowest BCUT2D eigenvalue weighted by atomic mass is 8.93. The molecule has 0 fully saturated rings. The summed E-state index contributed by atoms with van der Waals surface area (Å²) in [5.41, 5.74) is 0. The summed E-state index contributed by atoms with van der Waals surface area (Å²) in [4.78, 5) is 0. The summed E-state index contributed by atoms with van der Waals surface area (Å²) in [6, 6.07) is 0. The maximum Gasteiger partial charge on any atom is 0 e. The summed E-state index contributed by atoms with van der Waals surface area (Å²) >= 11 is 0. The van der Waals surface area contributed by atoms with Crippen molar-refractivity contribution >= 4 is 57.8 Å². The molecule has 0 bridgehead atoms. The van der Waals surface area contributed by atoms with E-state index in [0.717, 1.165) is 0 Å². The van der Waals surface area contributed by atoms with Gasteiger partial charge in [0.05, 0.1) is 0 Å². The van der Waals surface area contributed by atoms with Crippen molar-refractivity contribution in [3.05, 3.63) is 0 Å². The van der Waals surface area contributed by atoms with Crippen molar-refractivity contribution < 1.29 is 0 Å². The predicted octanol–water partition coefficient (Wildman–Crippen LogP) is -3.05. The zero-order valence-electron chi connectivity index (χ0n) is 4.62. The van der Waals surface area contributed by atoms with Gasteiger partial charge in [0, 0.05) is 57.8 Å². The minimum atomic E-state index is 1.46. The summed E-state index contributed by atoms with van der Waals surface area (Å²) in [7, 11) is 20.0. The summed E-state index contributed by atoms with van der Waals surface area (Å²) < 4.78 is 0. The lowest BCUT2D eigenvalue weighted by molar-refractivity contribution is 3.88. The van der Waals surface area contributed by atoms with Gasteiger partial charge in [-0.1, -0.05) is 0 Å². The zero-order valence-corrected chi connectivity index (χ0v) is 4.62. The highest BCUT2D eigenvalue weighted by Crippen LogP contribution is 1.50. The molecule has 0 rings (SSSR count). The SMILES string of the molecule is [B][B][B][B][B][B][B][B]. The van der Waals surface area contributed by atoms with E-state index in [1.807, 2.05) is 0 Å². The monoisotopic (exact) mass is 88.1 g/mol. The predicted molar refractivity (Wildman–Crippen MR) is 46.0 cm³/mol. The molecule has 0 aromatic rings. The fourth-order valence-corrected chi connectivity index (χ4v) is 0.257. The van der Waals surface area contributed by atoms with E-state index in [-0.39, 0.29) is 0 Å². The molecule has 0 aliphatic heterocycles. The first-order chi connectivity index (χ1) is 3.91. The number of rotatable bonds is 5. The molecule has 0 aromatic heterocycles. The van der Waals surface area contributed by atoms with E-state index in [9.17, 15) is 0 Å².